The number of esters is 1. The Bertz CT molecular complexity index is 472. The van der Waals surface area contributed by atoms with Crippen LogP contribution >= 0.6 is 11.8 Å². The molecule has 2 rings (SSSR count). The van der Waals surface area contributed by atoms with Gasteiger partial charge in [-0.25, -0.2) is 4.68 Å². The summed E-state index contributed by atoms with van der Waals surface area (Å²) in [6.07, 6.45) is 2.77. The molecule has 1 aromatic heterocycles. The van der Waals surface area contributed by atoms with Gasteiger partial charge >= 0.3 is 5.97 Å². The first-order chi connectivity index (χ1) is 9.44. The number of hydrogen-bond acceptors (Lipinski definition) is 7. The van der Waals surface area contributed by atoms with E-state index in [4.69, 9.17) is 10.5 Å². The number of aromatic nitrogens is 4. The Morgan fingerprint density at radius 2 is 2.35 bits per heavy atom. The second-order valence-electron chi connectivity index (χ2n) is 5.41. The number of thioether (sulfide) groups is 1. The fraction of sp³-hybridized carbons (Fsp3) is 0.833. The Hall–Kier alpha value is -1.15. The van der Waals surface area contributed by atoms with Crippen LogP contribution in [0.25, 0.3) is 0 Å². The molecule has 1 aliphatic rings. The van der Waals surface area contributed by atoms with Crippen LogP contribution in [0, 0.1) is 0 Å². The van der Waals surface area contributed by atoms with E-state index in [1.807, 2.05) is 11.6 Å². The maximum atomic E-state index is 11.8. The lowest BCUT2D eigenvalue weighted by atomic mass is 9.98. The quantitative estimate of drug-likeness (QED) is 0.596. The molecule has 1 saturated carbocycles. The molecule has 0 aromatic carbocycles. The van der Waals surface area contributed by atoms with Crippen LogP contribution in [0.3, 0.4) is 0 Å². The number of ether oxygens (including phenoxy) is 1. The zero-order chi connectivity index (χ0) is 14.8. The minimum Gasteiger partial charge on any atom is -0.465 e. The van der Waals surface area contributed by atoms with Crippen molar-refractivity contribution < 1.29 is 9.53 Å². The second kappa shape index (κ2) is 6.09. The third kappa shape index (κ3) is 3.69. The van der Waals surface area contributed by atoms with Crippen LogP contribution in [-0.4, -0.2) is 43.6 Å². The van der Waals surface area contributed by atoms with E-state index in [9.17, 15) is 4.79 Å². The Morgan fingerprint density at radius 1 is 1.65 bits per heavy atom. The van der Waals surface area contributed by atoms with Crippen molar-refractivity contribution in [2.45, 2.75) is 62.0 Å². The third-order valence-corrected chi connectivity index (χ3v) is 4.16. The van der Waals surface area contributed by atoms with Crippen molar-refractivity contribution >= 4 is 17.7 Å². The number of nitrogens with two attached hydrogens (primary N) is 1. The summed E-state index contributed by atoms with van der Waals surface area (Å²) >= 11 is 1.55. The summed E-state index contributed by atoms with van der Waals surface area (Å²) in [5.74, 6) is -0.366. The van der Waals surface area contributed by atoms with Crippen LogP contribution in [0.5, 0.6) is 0 Å². The van der Waals surface area contributed by atoms with Gasteiger partial charge in [-0.3, -0.25) is 4.79 Å². The highest BCUT2D eigenvalue weighted by Crippen LogP contribution is 2.37. The first-order valence-electron chi connectivity index (χ1n) is 6.84. The Labute approximate surface area is 122 Å². The van der Waals surface area contributed by atoms with Gasteiger partial charge in [-0.2, -0.15) is 0 Å². The van der Waals surface area contributed by atoms with Gasteiger partial charge in [-0.05, 0) is 43.5 Å². The molecule has 8 heteroatoms. The topological polar surface area (TPSA) is 95.9 Å². The number of rotatable bonds is 7. The predicted molar refractivity (Wildman–Crippen MR) is 75.2 cm³/mol. The zero-order valence-electron chi connectivity index (χ0n) is 12.1. The van der Waals surface area contributed by atoms with E-state index < -0.39 is 5.54 Å². The van der Waals surface area contributed by atoms with Crippen molar-refractivity contribution in [2.24, 2.45) is 5.73 Å². The van der Waals surface area contributed by atoms with Crippen molar-refractivity contribution in [2.75, 3.05) is 6.61 Å². The van der Waals surface area contributed by atoms with Gasteiger partial charge in [0, 0.05) is 5.25 Å². The van der Waals surface area contributed by atoms with Crippen molar-refractivity contribution in [1.82, 2.24) is 20.2 Å². The number of nitrogens with zero attached hydrogens (tertiary/aromatic N) is 4. The molecule has 0 bridgehead atoms. The summed E-state index contributed by atoms with van der Waals surface area (Å²) in [6.45, 7) is 5.83. The molecule has 1 heterocycles. The lowest BCUT2D eigenvalue weighted by molar-refractivity contribution is -0.149. The van der Waals surface area contributed by atoms with Crippen LogP contribution in [-0.2, 0) is 9.53 Å². The number of hydrogen-bond donors (Lipinski definition) is 1. The molecule has 0 radical (unpaired) electrons. The lowest BCUT2D eigenvalue weighted by Crippen LogP contribution is -2.47. The van der Waals surface area contributed by atoms with E-state index in [0.717, 1.165) is 18.0 Å². The molecule has 7 nitrogen and oxygen atoms in total. The van der Waals surface area contributed by atoms with Crippen LogP contribution < -0.4 is 5.73 Å². The summed E-state index contributed by atoms with van der Waals surface area (Å²) in [6, 6.07) is 0.439. The van der Waals surface area contributed by atoms with E-state index in [-0.39, 0.29) is 11.2 Å². The predicted octanol–water partition coefficient (Wildman–Crippen LogP) is 1.16. The van der Waals surface area contributed by atoms with E-state index >= 15 is 0 Å². The largest absolute Gasteiger partial charge is 0.465 e. The van der Waals surface area contributed by atoms with E-state index in [1.54, 1.807) is 25.6 Å². The van der Waals surface area contributed by atoms with Crippen LogP contribution in [0.1, 0.15) is 46.1 Å². The maximum Gasteiger partial charge on any atom is 0.325 e. The molecule has 0 saturated heterocycles. The summed E-state index contributed by atoms with van der Waals surface area (Å²) in [5.41, 5.74) is 5.05. The molecule has 2 atom stereocenters. The minimum atomic E-state index is -0.986. The summed E-state index contributed by atoms with van der Waals surface area (Å²) in [4.78, 5) is 11.8. The first kappa shape index (κ1) is 15.2. The van der Waals surface area contributed by atoms with Crippen molar-refractivity contribution in [3.8, 4) is 0 Å². The normalized spacial score (nSPS) is 19.4. The van der Waals surface area contributed by atoms with Crippen LogP contribution in [0.4, 0.5) is 0 Å². The standard InChI is InChI=1S/C12H21N5O2S/c1-4-19-10(18)12(3,13)7-8(2)20-11-14-15-16-17(11)9-5-6-9/h8-9H,4-7,13H2,1-3H3. The average Bonchev–Trinajstić information content (AvgIpc) is 3.10. The molecule has 2 unspecified atom stereocenters. The third-order valence-electron chi connectivity index (χ3n) is 3.12. The number of carbonyl (C=O) groups is 1. The fourth-order valence-electron chi connectivity index (χ4n) is 2.01. The maximum absolute atomic E-state index is 11.8. The minimum absolute atomic E-state index is 0.123. The highest BCUT2D eigenvalue weighted by Gasteiger charge is 2.33. The van der Waals surface area contributed by atoms with Gasteiger partial charge in [0.25, 0.3) is 0 Å². The molecular weight excluding hydrogens is 278 g/mol. The number of carbonyl (C=O) groups excluding carboxylic acids is 1. The highest BCUT2D eigenvalue weighted by molar-refractivity contribution is 7.99. The Morgan fingerprint density at radius 3 is 2.95 bits per heavy atom. The van der Waals surface area contributed by atoms with Gasteiger partial charge in [0.1, 0.15) is 5.54 Å². The SMILES string of the molecule is CCOC(=O)C(C)(N)CC(C)Sc1nnnn1C1CC1. The van der Waals surface area contributed by atoms with Crippen molar-refractivity contribution in [1.29, 1.82) is 0 Å². The van der Waals surface area contributed by atoms with Gasteiger partial charge in [0.05, 0.1) is 12.6 Å². The van der Waals surface area contributed by atoms with E-state index in [0.29, 0.717) is 19.1 Å². The molecule has 1 fully saturated rings. The van der Waals surface area contributed by atoms with E-state index in [2.05, 4.69) is 15.5 Å². The van der Waals surface area contributed by atoms with Gasteiger partial charge < -0.3 is 10.5 Å². The average molecular weight is 299 g/mol. The monoisotopic (exact) mass is 299 g/mol. The highest BCUT2D eigenvalue weighted by atomic mass is 32.2. The molecule has 20 heavy (non-hydrogen) atoms. The van der Waals surface area contributed by atoms with Crippen molar-refractivity contribution in [3.63, 3.8) is 0 Å². The van der Waals surface area contributed by atoms with Gasteiger partial charge in [-0.15, -0.1) is 5.10 Å². The molecular formula is C12H21N5O2S. The molecule has 112 valence electrons. The van der Waals surface area contributed by atoms with Crippen molar-refractivity contribution in [3.05, 3.63) is 0 Å². The first-order valence-corrected chi connectivity index (χ1v) is 7.72. The molecule has 0 amide bonds. The fourth-order valence-corrected chi connectivity index (χ4v) is 3.18. The number of tetrazole rings is 1. The summed E-state index contributed by atoms with van der Waals surface area (Å²) in [5, 5.41) is 12.7. The molecule has 1 aromatic rings. The second-order valence-corrected chi connectivity index (χ2v) is 6.81. The summed E-state index contributed by atoms with van der Waals surface area (Å²) < 4.78 is 6.86. The lowest BCUT2D eigenvalue weighted by Gasteiger charge is -2.25. The van der Waals surface area contributed by atoms with Crippen LogP contribution in [0.15, 0.2) is 5.16 Å². The smallest absolute Gasteiger partial charge is 0.325 e. The zero-order valence-corrected chi connectivity index (χ0v) is 12.9. The Balaban J connectivity index is 1.92. The molecule has 2 N–H and O–H groups in total. The molecule has 1 aliphatic carbocycles. The van der Waals surface area contributed by atoms with Gasteiger partial charge in [0.2, 0.25) is 5.16 Å². The van der Waals surface area contributed by atoms with Gasteiger partial charge in [0.15, 0.2) is 0 Å². The molecule has 0 aliphatic heterocycles. The molecule has 0 spiro atoms. The van der Waals surface area contributed by atoms with E-state index in [1.165, 1.54) is 0 Å². The summed E-state index contributed by atoms with van der Waals surface area (Å²) in [7, 11) is 0. The van der Waals surface area contributed by atoms with Crippen LogP contribution in [0.2, 0.25) is 0 Å². The Kier molecular flexibility index (Phi) is 4.64. The van der Waals surface area contributed by atoms with Gasteiger partial charge in [-0.1, -0.05) is 18.7 Å².